The van der Waals surface area contributed by atoms with E-state index in [-0.39, 0.29) is 12.5 Å². The first kappa shape index (κ1) is 14.3. The van der Waals surface area contributed by atoms with E-state index >= 15 is 0 Å². The predicted octanol–water partition coefficient (Wildman–Crippen LogP) is 2.51. The predicted molar refractivity (Wildman–Crippen MR) is 83.7 cm³/mol. The molecule has 112 valence electrons. The second-order valence-electron chi connectivity index (χ2n) is 5.22. The fraction of sp³-hybridized carbons (Fsp3) is 0.222. The summed E-state index contributed by atoms with van der Waals surface area (Å²) in [6, 6.07) is 16.5. The average Bonchev–Trinajstić information content (AvgIpc) is 2.78. The molecule has 0 aromatic heterocycles. The molecule has 0 bridgehead atoms. The number of para-hydroxylation sites is 1. The number of nitrogens with zero attached hydrogens (tertiary/aromatic N) is 1. The van der Waals surface area contributed by atoms with E-state index in [1.807, 2.05) is 42.5 Å². The van der Waals surface area contributed by atoms with Gasteiger partial charge in [0.05, 0.1) is 6.61 Å². The largest absolute Gasteiger partial charge is 0.465 e. The number of anilines is 1. The van der Waals surface area contributed by atoms with Gasteiger partial charge in [-0.3, -0.25) is 9.59 Å². The van der Waals surface area contributed by atoms with Crippen LogP contribution in [0.5, 0.6) is 0 Å². The lowest BCUT2D eigenvalue weighted by Crippen LogP contribution is -2.47. The molecule has 4 heteroatoms. The second kappa shape index (κ2) is 5.30. The van der Waals surface area contributed by atoms with Crippen molar-refractivity contribution in [3.63, 3.8) is 0 Å². The Morgan fingerprint density at radius 1 is 1.09 bits per heavy atom. The van der Waals surface area contributed by atoms with Crippen molar-refractivity contribution in [2.45, 2.75) is 12.3 Å². The Bertz CT molecular complexity index is 726. The number of fused-ring (bicyclic) bond motifs is 1. The molecule has 0 N–H and O–H groups in total. The number of ether oxygens (including phenoxy) is 1. The Hall–Kier alpha value is -2.62. The monoisotopic (exact) mass is 295 g/mol. The molecule has 1 aliphatic rings. The summed E-state index contributed by atoms with van der Waals surface area (Å²) in [5.74, 6) is -0.804. The van der Waals surface area contributed by atoms with Gasteiger partial charge in [-0.25, -0.2) is 0 Å². The smallest absolute Gasteiger partial charge is 0.330 e. The molecule has 0 saturated heterocycles. The van der Waals surface area contributed by atoms with Crippen molar-refractivity contribution >= 4 is 17.6 Å². The van der Waals surface area contributed by atoms with Gasteiger partial charge in [-0.05, 0) is 18.6 Å². The topological polar surface area (TPSA) is 46.6 Å². The summed E-state index contributed by atoms with van der Waals surface area (Å²) in [5.41, 5.74) is 0.634. The molecule has 2 aromatic rings. The first-order valence-electron chi connectivity index (χ1n) is 7.24. The van der Waals surface area contributed by atoms with Gasteiger partial charge in [0.2, 0.25) is 0 Å². The molecule has 1 amide bonds. The van der Waals surface area contributed by atoms with Crippen molar-refractivity contribution in [3.8, 4) is 0 Å². The van der Waals surface area contributed by atoms with Crippen LogP contribution in [0.1, 0.15) is 18.1 Å². The van der Waals surface area contributed by atoms with Crippen LogP contribution in [0.15, 0.2) is 54.6 Å². The van der Waals surface area contributed by atoms with Crippen LogP contribution in [0.2, 0.25) is 0 Å². The minimum Gasteiger partial charge on any atom is -0.465 e. The number of benzene rings is 2. The number of hydrogen-bond donors (Lipinski definition) is 0. The van der Waals surface area contributed by atoms with Crippen LogP contribution >= 0.6 is 0 Å². The molecule has 1 aliphatic heterocycles. The van der Waals surface area contributed by atoms with E-state index in [1.54, 1.807) is 26.1 Å². The van der Waals surface area contributed by atoms with Crippen molar-refractivity contribution in [2.24, 2.45) is 0 Å². The van der Waals surface area contributed by atoms with Crippen LogP contribution in [0.3, 0.4) is 0 Å². The zero-order chi connectivity index (χ0) is 15.7. The third kappa shape index (κ3) is 1.77. The van der Waals surface area contributed by atoms with Gasteiger partial charge in [0.25, 0.3) is 5.91 Å². The summed E-state index contributed by atoms with van der Waals surface area (Å²) < 4.78 is 5.27. The van der Waals surface area contributed by atoms with Crippen LogP contribution in [0.25, 0.3) is 0 Å². The van der Waals surface area contributed by atoms with Gasteiger partial charge in [-0.1, -0.05) is 48.5 Å². The number of likely N-dealkylation sites (N-methyl/N-ethyl adjacent to an activating group) is 1. The van der Waals surface area contributed by atoms with E-state index in [0.717, 1.165) is 5.69 Å². The average molecular weight is 295 g/mol. The lowest BCUT2D eigenvalue weighted by molar-refractivity contribution is -0.151. The Morgan fingerprint density at radius 3 is 2.41 bits per heavy atom. The van der Waals surface area contributed by atoms with Gasteiger partial charge >= 0.3 is 5.97 Å². The van der Waals surface area contributed by atoms with E-state index in [0.29, 0.717) is 11.1 Å². The highest BCUT2D eigenvalue weighted by Gasteiger charge is 2.57. The number of carbonyl (C=O) groups excluding carboxylic acids is 2. The van der Waals surface area contributed by atoms with Crippen LogP contribution in [-0.2, 0) is 19.7 Å². The van der Waals surface area contributed by atoms with E-state index in [9.17, 15) is 9.59 Å². The molecule has 22 heavy (non-hydrogen) atoms. The van der Waals surface area contributed by atoms with E-state index in [1.165, 1.54) is 4.90 Å². The highest BCUT2D eigenvalue weighted by Crippen LogP contribution is 2.46. The SMILES string of the molecule is CCOC(=O)C1(c2ccccc2)C(=O)N(C)c2ccccc21. The number of rotatable bonds is 3. The molecular weight excluding hydrogens is 278 g/mol. The minimum atomic E-state index is -1.41. The summed E-state index contributed by atoms with van der Waals surface area (Å²) in [7, 11) is 1.69. The third-order valence-corrected chi connectivity index (χ3v) is 4.08. The number of carbonyl (C=O) groups is 2. The fourth-order valence-corrected chi connectivity index (χ4v) is 3.08. The molecule has 3 rings (SSSR count). The van der Waals surface area contributed by atoms with Crippen LogP contribution in [0.4, 0.5) is 5.69 Å². The lowest BCUT2D eigenvalue weighted by atomic mass is 9.75. The van der Waals surface area contributed by atoms with Crippen molar-refractivity contribution in [3.05, 3.63) is 65.7 Å². The highest BCUT2D eigenvalue weighted by atomic mass is 16.5. The first-order chi connectivity index (χ1) is 10.6. The van der Waals surface area contributed by atoms with E-state index < -0.39 is 11.4 Å². The maximum atomic E-state index is 13.0. The molecule has 4 nitrogen and oxygen atoms in total. The van der Waals surface area contributed by atoms with Crippen LogP contribution in [0, 0.1) is 0 Å². The Balaban J connectivity index is 2.32. The maximum absolute atomic E-state index is 13.0. The zero-order valence-corrected chi connectivity index (χ0v) is 12.6. The number of esters is 1. The molecule has 1 atom stereocenters. The summed E-state index contributed by atoms with van der Waals surface area (Å²) in [6.07, 6.45) is 0. The molecule has 0 radical (unpaired) electrons. The normalized spacial score (nSPS) is 19.9. The molecule has 2 aromatic carbocycles. The van der Waals surface area contributed by atoms with E-state index in [4.69, 9.17) is 4.74 Å². The van der Waals surface area contributed by atoms with Crippen LogP contribution in [-0.4, -0.2) is 25.5 Å². The number of hydrogen-bond acceptors (Lipinski definition) is 3. The molecular formula is C18H17NO3. The van der Waals surface area contributed by atoms with Crippen molar-refractivity contribution in [1.29, 1.82) is 0 Å². The standard InChI is InChI=1S/C18H17NO3/c1-3-22-17(21)18(13-9-5-4-6-10-13)14-11-7-8-12-15(14)19(2)16(18)20/h4-12H,3H2,1-2H3. The van der Waals surface area contributed by atoms with Gasteiger partial charge in [0, 0.05) is 18.3 Å². The van der Waals surface area contributed by atoms with Gasteiger partial charge in [-0.15, -0.1) is 0 Å². The summed E-state index contributed by atoms with van der Waals surface area (Å²) in [5, 5.41) is 0. The zero-order valence-electron chi connectivity index (χ0n) is 12.6. The Labute approximate surface area is 129 Å². The third-order valence-electron chi connectivity index (χ3n) is 4.08. The maximum Gasteiger partial charge on any atom is 0.330 e. The summed E-state index contributed by atoms with van der Waals surface area (Å²) in [4.78, 5) is 27.4. The Kier molecular flexibility index (Phi) is 3.45. The van der Waals surface area contributed by atoms with E-state index in [2.05, 4.69) is 0 Å². The van der Waals surface area contributed by atoms with Crippen molar-refractivity contribution in [1.82, 2.24) is 0 Å². The molecule has 1 unspecified atom stereocenters. The van der Waals surface area contributed by atoms with Crippen molar-refractivity contribution in [2.75, 3.05) is 18.6 Å². The second-order valence-corrected chi connectivity index (χ2v) is 5.22. The van der Waals surface area contributed by atoms with Gasteiger partial charge < -0.3 is 9.64 Å². The molecule has 0 saturated carbocycles. The lowest BCUT2D eigenvalue weighted by Gasteiger charge is -2.26. The molecule has 0 aliphatic carbocycles. The molecule has 0 spiro atoms. The summed E-state index contributed by atoms with van der Waals surface area (Å²) in [6.45, 7) is 1.97. The van der Waals surface area contributed by atoms with Crippen LogP contribution < -0.4 is 4.90 Å². The quantitative estimate of drug-likeness (QED) is 0.645. The van der Waals surface area contributed by atoms with Gasteiger partial charge in [0.1, 0.15) is 0 Å². The fourth-order valence-electron chi connectivity index (χ4n) is 3.08. The summed E-state index contributed by atoms with van der Waals surface area (Å²) >= 11 is 0. The minimum absolute atomic E-state index is 0.229. The van der Waals surface area contributed by atoms with Crippen molar-refractivity contribution < 1.29 is 14.3 Å². The highest BCUT2D eigenvalue weighted by molar-refractivity contribution is 6.22. The first-order valence-corrected chi connectivity index (χ1v) is 7.24. The van der Waals surface area contributed by atoms with Gasteiger partial charge in [0.15, 0.2) is 5.41 Å². The molecule has 0 fully saturated rings. The molecule has 1 heterocycles. The number of amides is 1. The Morgan fingerprint density at radius 2 is 1.73 bits per heavy atom. The van der Waals surface area contributed by atoms with Gasteiger partial charge in [-0.2, -0.15) is 0 Å².